The van der Waals surface area contributed by atoms with Crippen molar-refractivity contribution >= 4 is 45.2 Å². The maximum atomic E-state index is 15.0. The van der Waals surface area contributed by atoms with E-state index in [1.807, 2.05) is 51.1 Å². The summed E-state index contributed by atoms with van der Waals surface area (Å²) >= 11 is 1.36. The van der Waals surface area contributed by atoms with Gasteiger partial charge in [-0.05, 0) is 109 Å². The summed E-state index contributed by atoms with van der Waals surface area (Å²) in [6.07, 6.45) is 0.170. The van der Waals surface area contributed by atoms with Gasteiger partial charge in [-0.2, -0.15) is 13.2 Å². The predicted molar refractivity (Wildman–Crippen MR) is 240 cm³/mol. The number of halogens is 3. The highest BCUT2D eigenvalue weighted by Crippen LogP contribution is 2.48. The summed E-state index contributed by atoms with van der Waals surface area (Å²) in [5.74, 6) is -2.75. The van der Waals surface area contributed by atoms with Crippen molar-refractivity contribution in [3.63, 3.8) is 0 Å². The Morgan fingerprint density at radius 2 is 1.73 bits per heavy atom. The zero-order valence-corrected chi connectivity index (χ0v) is 39.6. The maximum Gasteiger partial charge on any atom is 0.427 e. The van der Waals surface area contributed by atoms with Gasteiger partial charge in [0.1, 0.15) is 45.9 Å². The second-order valence-electron chi connectivity index (χ2n) is 19.1. The fraction of sp³-hybridized carbons (Fsp3) is 0.565. The zero-order chi connectivity index (χ0) is 48.0. The number of ether oxygens (including phenoxy) is 3. The van der Waals surface area contributed by atoms with E-state index in [0.29, 0.717) is 73.8 Å². The number of allylic oxidation sites excluding steroid dienone is 1. The standard InChI is InChI=1S/C46H57F3N6O9S2/c1-26(2)62-31-14-12-29(13-15-31)34-21-32(22-35(51-34)39-50-18-19-65-39)63-33-23-36-38(56)53-45(41(58)54-66(60,61)44(7)16-17-44)24-30(45)11-9-8-10-27(3)20-28(4)37(40(57)55(36)25-33)52-42(59)64-43(5,6)46(47,48)49/h9,11-15,18-19,21-22,26-28,30,33,36-37H,8,10,16-17,20,23-25H2,1-7H3,(H,52,59)(H,53,56)(H,54,58)/b11-9-/t27-,28-,30?,33-,36+,37+,45-/m1/s1. The number of benzene rings is 1. The number of carbonyl (C=O) groups excluding carboxylic acids is 4. The lowest BCUT2D eigenvalue weighted by Gasteiger charge is -2.34. The van der Waals surface area contributed by atoms with E-state index in [1.165, 1.54) is 16.2 Å². The van der Waals surface area contributed by atoms with Gasteiger partial charge >= 0.3 is 12.3 Å². The third-order valence-corrected chi connectivity index (χ3v) is 15.8. The maximum absolute atomic E-state index is 15.0. The highest BCUT2D eigenvalue weighted by molar-refractivity contribution is 7.91. The molecule has 2 saturated carbocycles. The van der Waals surface area contributed by atoms with E-state index >= 15 is 0 Å². The Labute approximate surface area is 386 Å². The van der Waals surface area contributed by atoms with Gasteiger partial charge in [0, 0.05) is 41.6 Å². The Hall–Kier alpha value is -5.24. The second kappa shape index (κ2) is 18.4. The number of fused-ring (bicyclic) bond motifs is 2. The normalized spacial score (nSPS) is 27.3. The fourth-order valence-corrected chi connectivity index (χ4v) is 10.3. The van der Waals surface area contributed by atoms with Gasteiger partial charge in [0.25, 0.3) is 5.91 Å². The molecule has 1 unspecified atom stereocenters. The van der Waals surface area contributed by atoms with Crippen LogP contribution in [0.3, 0.4) is 0 Å². The Morgan fingerprint density at radius 1 is 1.03 bits per heavy atom. The molecule has 4 amide bonds. The minimum atomic E-state index is -4.93. The molecule has 66 heavy (non-hydrogen) atoms. The number of amides is 4. The average molecular weight is 959 g/mol. The molecular formula is C46H57F3N6O9S2. The molecule has 4 heterocycles. The number of alkyl halides is 3. The summed E-state index contributed by atoms with van der Waals surface area (Å²) in [7, 11) is -4.10. The van der Waals surface area contributed by atoms with E-state index in [-0.39, 0.29) is 31.4 Å². The molecule has 7 rings (SSSR count). The second-order valence-corrected chi connectivity index (χ2v) is 22.2. The Bertz CT molecular complexity index is 2440. The Morgan fingerprint density at radius 3 is 2.36 bits per heavy atom. The first-order chi connectivity index (χ1) is 30.9. The number of nitrogens with one attached hydrogen (secondary N) is 3. The molecule has 15 nitrogen and oxygen atoms in total. The first-order valence-corrected chi connectivity index (χ1v) is 24.5. The topological polar surface area (TPSA) is 195 Å². The van der Waals surface area contributed by atoms with Crippen LogP contribution in [0, 0.1) is 17.8 Å². The number of hydrogen-bond acceptors (Lipinski definition) is 12. The van der Waals surface area contributed by atoms with Crippen molar-refractivity contribution in [2.75, 3.05) is 6.54 Å². The first-order valence-electron chi connectivity index (χ1n) is 22.2. The fourth-order valence-electron chi connectivity index (χ4n) is 8.39. The number of thiazole rings is 1. The third-order valence-electron chi connectivity index (χ3n) is 12.8. The monoisotopic (exact) mass is 958 g/mol. The van der Waals surface area contributed by atoms with E-state index in [9.17, 15) is 40.8 Å². The predicted octanol–water partition coefficient (Wildman–Crippen LogP) is 7.33. The molecule has 20 heteroatoms. The van der Waals surface area contributed by atoms with Crippen LogP contribution in [0.5, 0.6) is 11.5 Å². The van der Waals surface area contributed by atoms with Gasteiger partial charge in [-0.25, -0.2) is 23.2 Å². The van der Waals surface area contributed by atoms with Crippen LogP contribution < -0.4 is 24.8 Å². The molecular weight excluding hydrogens is 902 g/mol. The molecule has 1 saturated heterocycles. The van der Waals surface area contributed by atoms with Crippen LogP contribution in [0.4, 0.5) is 18.0 Å². The van der Waals surface area contributed by atoms with Gasteiger partial charge in [0.15, 0.2) is 0 Å². The van der Waals surface area contributed by atoms with Crippen molar-refractivity contribution in [2.24, 2.45) is 17.8 Å². The van der Waals surface area contributed by atoms with Crippen molar-refractivity contribution in [2.45, 2.75) is 140 Å². The molecule has 2 aliphatic heterocycles. The van der Waals surface area contributed by atoms with Gasteiger partial charge in [-0.1, -0.05) is 26.0 Å². The summed E-state index contributed by atoms with van der Waals surface area (Å²) in [6, 6.07) is 7.94. The number of pyridine rings is 1. The number of aromatic nitrogens is 2. The molecule has 2 aliphatic carbocycles. The van der Waals surface area contributed by atoms with Gasteiger partial charge in [0.2, 0.25) is 27.4 Å². The van der Waals surface area contributed by atoms with Crippen molar-refractivity contribution in [1.82, 2.24) is 30.2 Å². The molecule has 358 valence electrons. The Balaban J connectivity index is 1.24. The SMILES string of the molecule is CC(C)Oc1ccc(-c2cc(O[C@@H]3C[C@H]4C(=O)N[C@]5(C(=O)NS(=O)(=O)C6(C)CC6)CC5/C=C\CC[C@@H](C)C[C@@H](C)[C@H](NC(=O)OC(C)(C)C(F)(F)F)C(=O)N4C3)cc(-c3nccs3)n2)cc1. The van der Waals surface area contributed by atoms with E-state index in [1.54, 1.807) is 43.6 Å². The third kappa shape index (κ3) is 10.6. The minimum absolute atomic E-state index is 0.0395. The highest BCUT2D eigenvalue weighted by atomic mass is 32.2. The zero-order valence-electron chi connectivity index (χ0n) is 37.9. The van der Waals surface area contributed by atoms with Crippen LogP contribution in [0.25, 0.3) is 22.0 Å². The van der Waals surface area contributed by atoms with Gasteiger partial charge < -0.3 is 29.7 Å². The molecule has 2 aromatic heterocycles. The average Bonchev–Trinajstić information content (AvgIpc) is 3.98. The molecule has 0 radical (unpaired) electrons. The van der Waals surface area contributed by atoms with Crippen molar-refractivity contribution in [3.05, 3.63) is 60.1 Å². The van der Waals surface area contributed by atoms with Crippen molar-refractivity contribution in [1.29, 1.82) is 0 Å². The summed E-state index contributed by atoms with van der Waals surface area (Å²) in [5.41, 5.74) is -2.82. The van der Waals surface area contributed by atoms with Gasteiger partial charge in [-0.15, -0.1) is 11.3 Å². The quantitative estimate of drug-likeness (QED) is 0.163. The van der Waals surface area contributed by atoms with E-state index in [0.717, 1.165) is 5.56 Å². The lowest BCUT2D eigenvalue weighted by atomic mass is 9.88. The number of alkyl carbamates (subject to hydrolysis) is 1. The van der Waals surface area contributed by atoms with Crippen molar-refractivity contribution < 1.29 is 55.0 Å². The molecule has 3 aromatic rings. The van der Waals surface area contributed by atoms with E-state index < -0.39 is 85.9 Å². The number of carbonyl (C=O) groups is 4. The van der Waals surface area contributed by atoms with Crippen LogP contribution >= 0.6 is 11.3 Å². The molecule has 3 N–H and O–H groups in total. The summed E-state index contributed by atoms with van der Waals surface area (Å²) in [6.45, 7) is 10.2. The molecule has 0 bridgehead atoms. The van der Waals surface area contributed by atoms with Gasteiger partial charge in [0.05, 0.1) is 23.1 Å². The highest BCUT2D eigenvalue weighted by Gasteiger charge is 2.63. The van der Waals surface area contributed by atoms with Crippen LogP contribution in [0.1, 0.15) is 93.4 Å². The summed E-state index contributed by atoms with van der Waals surface area (Å²) in [4.78, 5) is 67.5. The lowest BCUT2D eigenvalue weighted by Crippen LogP contribution is -2.59. The molecule has 1 aromatic carbocycles. The largest absolute Gasteiger partial charge is 0.491 e. The number of hydrogen-bond donors (Lipinski definition) is 3. The summed E-state index contributed by atoms with van der Waals surface area (Å²) in [5, 5.41) is 7.64. The minimum Gasteiger partial charge on any atom is -0.491 e. The van der Waals surface area contributed by atoms with Crippen LogP contribution in [0.2, 0.25) is 0 Å². The number of rotatable bonds is 11. The summed E-state index contributed by atoms with van der Waals surface area (Å²) < 4.78 is 86.6. The molecule has 7 atom stereocenters. The van der Waals surface area contributed by atoms with Crippen LogP contribution in [0.15, 0.2) is 60.1 Å². The van der Waals surface area contributed by atoms with Crippen molar-refractivity contribution in [3.8, 4) is 33.5 Å². The number of nitrogens with zero attached hydrogens (tertiary/aromatic N) is 3. The molecule has 3 fully saturated rings. The van der Waals surface area contributed by atoms with Gasteiger partial charge in [-0.3, -0.25) is 19.1 Å². The smallest absolute Gasteiger partial charge is 0.427 e. The Kier molecular flexibility index (Phi) is 13.6. The van der Waals surface area contributed by atoms with Crippen LogP contribution in [-0.2, 0) is 29.1 Å². The van der Waals surface area contributed by atoms with E-state index in [2.05, 4.69) is 20.3 Å². The lowest BCUT2D eigenvalue weighted by molar-refractivity contribution is -0.244. The molecule has 4 aliphatic rings. The van der Waals surface area contributed by atoms with Crippen LogP contribution in [-0.4, -0.2) is 100 Å². The number of sulfonamides is 1. The first kappa shape index (κ1) is 48.7. The van der Waals surface area contributed by atoms with E-state index in [4.69, 9.17) is 19.2 Å². The molecule has 0 spiro atoms.